The number of fused-ring (bicyclic) bond motifs is 1. The summed E-state index contributed by atoms with van der Waals surface area (Å²) >= 11 is 0. The molecule has 1 unspecified atom stereocenters. The maximum absolute atomic E-state index is 12.4. The van der Waals surface area contributed by atoms with Gasteiger partial charge in [0.1, 0.15) is 28.6 Å². The van der Waals surface area contributed by atoms with E-state index in [4.69, 9.17) is 14.7 Å². The molecule has 0 aliphatic carbocycles. The second-order valence-electron chi connectivity index (χ2n) is 12.0. The number of hydrogen-bond acceptors (Lipinski definition) is 10. The highest BCUT2D eigenvalue weighted by Crippen LogP contribution is 2.41. The van der Waals surface area contributed by atoms with Crippen LogP contribution in [0.5, 0.6) is 5.75 Å². The number of nitrogens with one attached hydrogen (secondary N) is 2. The van der Waals surface area contributed by atoms with Crippen LogP contribution < -0.4 is 15.5 Å². The van der Waals surface area contributed by atoms with Crippen LogP contribution in [0.15, 0.2) is 12.3 Å². The summed E-state index contributed by atoms with van der Waals surface area (Å²) < 4.78 is 5.52. The topological polar surface area (TPSA) is 136 Å². The van der Waals surface area contributed by atoms with Gasteiger partial charge in [0.15, 0.2) is 5.82 Å². The lowest BCUT2D eigenvalue weighted by molar-refractivity contribution is -0.0266. The average Bonchev–Trinajstić information content (AvgIpc) is 3.22. The highest BCUT2D eigenvalue weighted by Gasteiger charge is 2.50. The van der Waals surface area contributed by atoms with E-state index in [1.54, 1.807) is 18.0 Å². The Balaban J connectivity index is 1.54. The van der Waals surface area contributed by atoms with Crippen LogP contribution in [-0.2, 0) is 4.74 Å². The molecule has 0 bridgehead atoms. The number of rotatable bonds is 8. The van der Waals surface area contributed by atoms with Gasteiger partial charge in [-0.05, 0) is 46.6 Å². The molecule has 0 aromatic carbocycles. The molecular weight excluding hydrogens is 474 g/mol. The molecule has 2 aromatic heterocycles. The molecular formula is C26H41N7O4. The number of aliphatic hydroxyl groups excluding tert-OH is 1. The molecule has 2 saturated heterocycles. The van der Waals surface area contributed by atoms with Crippen molar-refractivity contribution in [1.82, 2.24) is 25.2 Å². The fraction of sp³-hybridized carbons (Fsp3) is 0.692. The van der Waals surface area contributed by atoms with Gasteiger partial charge in [-0.15, -0.1) is 0 Å². The summed E-state index contributed by atoms with van der Waals surface area (Å²) in [4.78, 5) is 30.3. The first-order chi connectivity index (χ1) is 17.4. The van der Waals surface area contributed by atoms with Crippen molar-refractivity contribution in [1.29, 1.82) is 0 Å². The highest BCUT2D eigenvalue weighted by atomic mass is 16.6. The molecule has 37 heavy (non-hydrogen) atoms. The van der Waals surface area contributed by atoms with E-state index >= 15 is 0 Å². The van der Waals surface area contributed by atoms with Gasteiger partial charge in [0, 0.05) is 50.1 Å². The Labute approximate surface area is 218 Å². The summed E-state index contributed by atoms with van der Waals surface area (Å²) in [7, 11) is 1.73. The van der Waals surface area contributed by atoms with Crippen LogP contribution in [0.2, 0.25) is 0 Å². The second kappa shape index (κ2) is 10.4. The number of pyridine rings is 1. The molecule has 4 rings (SSSR count). The van der Waals surface area contributed by atoms with Gasteiger partial charge in [-0.1, -0.05) is 13.8 Å². The van der Waals surface area contributed by atoms with Crippen molar-refractivity contribution in [3.8, 4) is 5.75 Å². The number of carbonyl (C=O) groups excluding carboxylic acids is 1. The number of aromatic nitrogens is 3. The van der Waals surface area contributed by atoms with Crippen molar-refractivity contribution >= 4 is 28.9 Å². The maximum atomic E-state index is 12.4. The highest BCUT2D eigenvalue weighted by molar-refractivity contribution is 5.87. The molecule has 1 amide bonds. The zero-order valence-electron chi connectivity index (χ0n) is 22.8. The fourth-order valence-corrected chi connectivity index (χ4v) is 5.18. The quantitative estimate of drug-likeness (QED) is 0.389. The first kappa shape index (κ1) is 27.1. The number of anilines is 2. The Morgan fingerprint density at radius 2 is 1.95 bits per heavy atom. The first-order valence-corrected chi connectivity index (χ1v) is 13.1. The van der Waals surface area contributed by atoms with Gasteiger partial charge < -0.3 is 30.1 Å². The van der Waals surface area contributed by atoms with Gasteiger partial charge >= 0.3 is 6.09 Å². The fourth-order valence-electron chi connectivity index (χ4n) is 5.18. The first-order valence-electron chi connectivity index (χ1n) is 13.1. The smallest absolute Gasteiger partial charge is 0.410 e. The van der Waals surface area contributed by atoms with E-state index in [0.29, 0.717) is 48.2 Å². The van der Waals surface area contributed by atoms with E-state index < -0.39 is 11.8 Å². The maximum Gasteiger partial charge on any atom is 0.410 e. The van der Waals surface area contributed by atoms with Gasteiger partial charge in [0.05, 0.1) is 6.20 Å². The lowest BCUT2D eigenvalue weighted by Gasteiger charge is -2.47. The van der Waals surface area contributed by atoms with Crippen molar-refractivity contribution in [3.05, 3.63) is 12.3 Å². The zero-order chi connectivity index (χ0) is 27.0. The summed E-state index contributed by atoms with van der Waals surface area (Å²) in [6.07, 6.45) is 2.74. The number of amides is 1. The summed E-state index contributed by atoms with van der Waals surface area (Å²) in [6.45, 7) is 12.7. The summed E-state index contributed by atoms with van der Waals surface area (Å²) in [5.41, 5.74) is 0.606. The van der Waals surface area contributed by atoms with E-state index in [1.165, 1.54) is 6.20 Å². The van der Waals surface area contributed by atoms with E-state index in [1.807, 2.05) is 20.8 Å². The van der Waals surface area contributed by atoms with Crippen LogP contribution in [0.4, 0.5) is 16.6 Å². The van der Waals surface area contributed by atoms with Crippen LogP contribution >= 0.6 is 0 Å². The zero-order valence-corrected chi connectivity index (χ0v) is 22.8. The number of ether oxygens (including phenoxy) is 1. The molecule has 2 atom stereocenters. The monoisotopic (exact) mass is 515 g/mol. The van der Waals surface area contributed by atoms with Crippen LogP contribution in [0, 0.1) is 11.3 Å². The standard InChI is InChI=1S/C26H41N7O4/c1-16(2)9-17(10-20(35)27-6)29-22-21-19(11-18(34)12-28-21)30-23(31-22)32-8-7-26(13-32)14-33(15-26)24(36)37-25(3,4)5/h11-12,16-17,20,27,34-35H,7-10,13-15H2,1-6H3,(H,29,30,31)/t17-,20?/m0/s1. The van der Waals surface area contributed by atoms with Crippen LogP contribution in [0.3, 0.4) is 0 Å². The van der Waals surface area contributed by atoms with Gasteiger partial charge in [-0.2, -0.15) is 4.98 Å². The van der Waals surface area contributed by atoms with Gasteiger partial charge in [-0.25, -0.2) is 14.8 Å². The largest absolute Gasteiger partial charge is 0.506 e. The predicted molar refractivity (Wildman–Crippen MR) is 143 cm³/mol. The van der Waals surface area contributed by atoms with Crippen molar-refractivity contribution in [2.75, 3.05) is 43.4 Å². The minimum Gasteiger partial charge on any atom is -0.506 e. The number of hydrogen-bond donors (Lipinski definition) is 4. The molecule has 4 N–H and O–H groups in total. The number of likely N-dealkylation sites (tertiary alicyclic amines) is 1. The van der Waals surface area contributed by atoms with Crippen molar-refractivity contribution < 1.29 is 19.7 Å². The van der Waals surface area contributed by atoms with Crippen LogP contribution in [0.1, 0.15) is 53.9 Å². The van der Waals surface area contributed by atoms with Crippen LogP contribution in [-0.4, -0.2) is 87.3 Å². The van der Waals surface area contributed by atoms with E-state index in [2.05, 4.69) is 34.4 Å². The summed E-state index contributed by atoms with van der Waals surface area (Å²) in [5.74, 6) is 1.60. The van der Waals surface area contributed by atoms with Crippen LogP contribution in [0.25, 0.3) is 11.0 Å². The van der Waals surface area contributed by atoms with Crippen molar-refractivity contribution in [2.45, 2.75) is 71.8 Å². The molecule has 11 heteroatoms. The lowest BCUT2D eigenvalue weighted by atomic mass is 9.79. The molecule has 2 aliphatic heterocycles. The summed E-state index contributed by atoms with van der Waals surface area (Å²) in [6, 6.07) is 1.56. The second-order valence-corrected chi connectivity index (χ2v) is 12.0. The van der Waals surface area contributed by atoms with E-state index in [-0.39, 0.29) is 23.3 Å². The number of carbonyl (C=O) groups is 1. The number of nitrogens with zero attached hydrogens (tertiary/aromatic N) is 5. The third-order valence-corrected chi connectivity index (χ3v) is 6.87. The number of aromatic hydroxyl groups is 1. The average molecular weight is 516 g/mol. The minimum absolute atomic E-state index is 0.00300. The number of aliphatic hydroxyl groups is 1. The summed E-state index contributed by atoms with van der Waals surface area (Å²) in [5, 5.41) is 26.7. The third kappa shape index (κ3) is 6.51. The molecule has 4 heterocycles. The molecule has 2 aliphatic rings. The Hall–Kier alpha value is -2.92. The third-order valence-electron chi connectivity index (χ3n) is 6.87. The molecule has 0 radical (unpaired) electrons. The molecule has 11 nitrogen and oxygen atoms in total. The molecule has 2 fully saturated rings. The Kier molecular flexibility index (Phi) is 7.66. The lowest BCUT2D eigenvalue weighted by Crippen LogP contribution is -2.60. The van der Waals surface area contributed by atoms with E-state index in [0.717, 1.165) is 25.9 Å². The SMILES string of the molecule is CNC(O)C[C@H](CC(C)C)Nc1nc(N2CCC3(CN(C(=O)OC(C)(C)C)C3)C2)nc2cc(O)cnc12. The molecule has 2 aromatic rings. The molecule has 204 valence electrons. The Bertz CT molecular complexity index is 1110. The van der Waals surface area contributed by atoms with Crippen molar-refractivity contribution in [3.63, 3.8) is 0 Å². The van der Waals surface area contributed by atoms with Gasteiger partial charge in [-0.3, -0.25) is 5.32 Å². The Morgan fingerprint density at radius 3 is 2.59 bits per heavy atom. The molecule has 1 spiro atoms. The predicted octanol–water partition coefficient (Wildman–Crippen LogP) is 2.93. The molecule has 0 saturated carbocycles. The Morgan fingerprint density at radius 1 is 1.22 bits per heavy atom. The van der Waals surface area contributed by atoms with Gasteiger partial charge in [0.2, 0.25) is 5.95 Å². The normalized spacial score (nSPS) is 18.8. The van der Waals surface area contributed by atoms with Crippen molar-refractivity contribution in [2.24, 2.45) is 11.3 Å². The minimum atomic E-state index is -0.647. The van der Waals surface area contributed by atoms with E-state index in [9.17, 15) is 15.0 Å². The van der Waals surface area contributed by atoms with Gasteiger partial charge in [0.25, 0.3) is 0 Å².